The van der Waals surface area contributed by atoms with Gasteiger partial charge in [-0.05, 0) is 91.3 Å². The van der Waals surface area contributed by atoms with Crippen molar-refractivity contribution >= 4 is 12.3 Å². The molecule has 5 aliphatic rings. The minimum atomic E-state index is -0.250. The molecule has 0 saturated heterocycles. The Bertz CT molecular complexity index is 966. The molecule has 5 rings (SSSR count). The minimum Gasteiger partial charge on any atom is -0.504 e. The highest BCUT2D eigenvalue weighted by Crippen LogP contribution is 2.69. The maximum absolute atomic E-state index is 12.5. The first kappa shape index (κ1) is 26.5. The molecule has 3 saturated carbocycles. The maximum Gasteiger partial charge on any atom is 0.290 e. The van der Waals surface area contributed by atoms with Crippen molar-refractivity contribution in [3.63, 3.8) is 0 Å². The van der Waals surface area contributed by atoms with Crippen LogP contribution in [-0.4, -0.2) is 22.5 Å². The zero-order valence-electron chi connectivity index (χ0n) is 22.2. The van der Waals surface area contributed by atoms with Gasteiger partial charge in [0.05, 0.1) is 0 Å². The molecule has 0 aromatic carbocycles. The Morgan fingerprint density at radius 2 is 1.65 bits per heavy atom. The molecule has 6 unspecified atom stereocenters. The van der Waals surface area contributed by atoms with Gasteiger partial charge in [0.2, 0.25) is 5.78 Å². The van der Waals surface area contributed by atoms with Gasteiger partial charge in [-0.2, -0.15) is 0 Å². The van der Waals surface area contributed by atoms with Crippen molar-refractivity contribution in [1.29, 1.82) is 0 Å². The first-order chi connectivity index (χ1) is 16.0. The Hall–Kier alpha value is -2.10. The van der Waals surface area contributed by atoms with Gasteiger partial charge in [0.25, 0.3) is 6.47 Å². The number of rotatable bonds is 0. The summed E-state index contributed by atoms with van der Waals surface area (Å²) in [5, 5.41) is 17.1. The molecule has 0 aliphatic heterocycles. The lowest BCUT2D eigenvalue weighted by molar-refractivity contribution is -0.122. The number of carboxylic acid groups (broad SMARTS) is 1. The summed E-state index contributed by atoms with van der Waals surface area (Å²) in [6, 6.07) is 0. The molecule has 34 heavy (non-hydrogen) atoms. The molecule has 0 amide bonds. The lowest BCUT2D eigenvalue weighted by Gasteiger charge is -2.64. The number of hydrogen-bond donors (Lipinski definition) is 2. The number of hydrogen-bond acceptors (Lipinski definition) is 3. The highest BCUT2D eigenvalue weighted by atomic mass is 16.3. The van der Waals surface area contributed by atoms with Crippen molar-refractivity contribution in [3.05, 3.63) is 46.3 Å². The summed E-state index contributed by atoms with van der Waals surface area (Å²) in [6.45, 7) is 15.6. The van der Waals surface area contributed by atoms with E-state index >= 15 is 0 Å². The summed E-state index contributed by atoms with van der Waals surface area (Å²) in [5.41, 5.74) is 5.18. The molecule has 6 atom stereocenters. The molecule has 0 aromatic heterocycles. The topological polar surface area (TPSA) is 74.6 Å². The second kappa shape index (κ2) is 9.51. The Morgan fingerprint density at radius 3 is 2.29 bits per heavy atom. The summed E-state index contributed by atoms with van der Waals surface area (Å²) >= 11 is 0. The quantitative estimate of drug-likeness (QED) is 0.359. The van der Waals surface area contributed by atoms with E-state index in [2.05, 4.69) is 39.8 Å². The van der Waals surface area contributed by atoms with Gasteiger partial charge in [0.1, 0.15) is 0 Å². The number of allylic oxidation sites excluding steroid dienone is 7. The van der Waals surface area contributed by atoms with Gasteiger partial charge in [0.15, 0.2) is 5.76 Å². The van der Waals surface area contributed by atoms with Crippen LogP contribution >= 0.6 is 0 Å². The Kier molecular flexibility index (Phi) is 7.41. The normalized spacial score (nSPS) is 40.3. The average molecular weight is 469 g/mol. The first-order valence-electron chi connectivity index (χ1n) is 13.2. The zero-order chi connectivity index (χ0) is 25.5. The molecule has 0 heterocycles. The SMILES string of the molecule is CC.CC1=C(O)C(=O)C=C2C1=CC=C1C2(C)CCC2C3CC(C)CCC3(C)CCC12C.O=CO. The van der Waals surface area contributed by atoms with Crippen molar-refractivity contribution in [2.24, 2.45) is 34.0 Å². The van der Waals surface area contributed by atoms with Crippen LogP contribution in [0.15, 0.2) is 46.3 Å². The fourth-order valence-electron chi connectivity index (χ4n) is 8.08. The van der Waals surface area contributed by atoms with Gasteiger partial charge in [-0.1, -0.05) is 65.7 Å². The van der Waals surface area contributed by atoms with Gasteiger partial charge >= 0.3 is 0 Å². The molecular weight excluding hydrogens is 424 g/mol. The summed E-state index contributed by atoms with van der Waals surface area (Å²) in [5.74, 6) is 2.13. The number of ketones is 1. The van der Waals surface area contributed by atoms with Gasteiger partial charge in [0, 0.05) is 11.0 Å². The standard InChI is InChI=1S/C27H36O2.C2H6.CH2O2/c1-16-8-10-25(3)12-13-27(5)19(21(25)14-16)9-11-26(4)20-15-22(28)24(29)17(2)18(20)6-7-23(26)27;1-2;2-1-3/h6-7,15-16,19,21,29H,8-14H2,1-5H3;1-2H3;1H,(H,2,3). The molecule has 0 radical (unpaired) electrons. The molecule has 0 spiro atoms. The highest BCUT2D eigenvalue weighted by molar-refractivity contribution is 6.06. The van der Waals surface area contributed by atoms with Crippen LogP contribution < -0.4 is 0 Å². The number of carbonyl (C=O) groups is 2. The van der Waals surface area contributed by atoms with Crippen LogP contribution in [0.1, 0.15) is 93.4 Å². The minimum absolute atomic E-state index is 0.0787. The van der Waals surface area contributed by atoms with E-state index in [0.717, 1.165) is 40.9 Å². The fourth-order valence-corrected chi connectivity index (χ4v) is 8.08. The monoisotopic (exact) mass is 468 g/mol. The van der Waals surface area contributed by atoms with Crippen LogP contribution in [0.2, 0.25) is 0 Å². The van der Waals surface area contributed by atoms with Crippen LogP contribution in [0.25, 0.3) is 0 Å². The third kappa shape index (κ3) is 3.91. The second-order valence-corrected chi connectivity index (χ2v) is 11.7. The van der Waals surface area contributed by atoms with E-state index in [9.17, 15) is 9.90 Å². The Labute approximate surface area is 205 Å². The average Bonchev–Trinajstić information content (AvgIpc) is 2.80. The molecule has 2 N–H and O–H groups in total. The smallest absolute Gasteiger partial charge is 0.290 e. The summed E-state index contributed by atoms with van der Waals surface area (Å²) < 4.78 is 0. The van der Waals surface area contributed by atoms with E-state index < -0.39 is 0 Å². The van der Waals surface area contributed by atoms with Crippen molar-refractivity contribution in [2.75, 3.05) is 0 Å². The molecule has 188 valence electrons. The maximum atomic E-state index is 12.5. The van der Waals surface area contributed by atoms with Crippen molar-refractivity contribution in [1.82, 2.24) is 0 Å². The zero-order valence-corrected chi connectivity index (χ0v) is 22.2. The molecule has 5 aliphatic carbocycles. The Morgan fingerprint density at radius 1 is 1.00 bits per heavy atom. The number of aliphatic hydroxyl groups is 1. The lowest BCUT2D eigenvalue weighted by Crippen LogP contribution is -2.55. The van der Waals surface area contributed by atoms with Crippen LogP contribution in [0.3, 0.4) is 0 Å². The summed E-state index contributed by atoms with van der Waals surface area (Å²) in [7, 11) is 0. The van der Waals surface area contributed by atoms with E-state index in [4.69, 9.17) is 9.90 Å². The van der Waals surface area contributed by atoms with E-state index in [1.54, 1.807) is 11.6 Å². The van der Waals surface area contributed by atoms with Crippen molar-refractivity contribution < 1.29 is 19.8 Å². The second-order valence-electron chi connectivity index (χ2n) is 11.7. The van der Waals surface area contributed by atoms with E-state index in [1.807, 2.05) is 20.8 Å². The molecule has 4 heteroatoms. The fraction of sp³-hybridized carbons (Fsp3) is 0.667. The third-order valence-corrected chi connectivity index (χ3v) is 10.0. The number of carbonyl (C=O) groups excluding carboxylic acids is 1. The van der Waals surface area contributed by atoms with Crippen molar-refractivity contribution in [2.45, 2.75) is 93.4 Å². The van der Waals surface area contributed by atoms with Crippen LogP contribution in [0, 0.1) is 34.0 Å². The van der Waals surface area contributed by atoms with Gasteiger partial charge in [-0.3, -0.25) is 9.59 Å². The van der Waals surface area contributed by atoms with Crippen molar-refractivity contribution in [3.8, 4) is 0 Å². The van der Waals surface area contributed by atoms with Crippen LogP contribution in [0.4, 0.5) is 0 Å². The number of fused-ring (bicyclic) bond motifs is 7. The van der Waals surface area contributed by atoms with Gasteiger partial charge in [-0.25, -0.2) is 0 Å². The summed E-state index contributed by atoms with van der Waals surface area (Å²) in [4.78, 5) is 20.8. The molecule has 0 aromatic rings. The van der Waals surface area contributed by atoms with E-state index in [-0.39, 0.29) is 28.8 Å². The predicted molar refractivity (Wildman–Crippen MR) is 137 cm³/mol. The first-order valence-corrected chi connectivity index (χ1v) is 13.2. The van der Waals surface area contributed by atoms with Gasteiger partial charge in [-0.15, -0.1) is 0 Å². The van der Waals surface area contributed by atoms with Gasteiger partial charge < -0.3 is 10.2 Å². The van der Waals surface area contributed by atoms with E-state index in [1.165, 1.54) is 38.5 Å². The third-order valence-electron chi connectivity index (χ3n) is 10.0. The highest BCUT2D eigenvalue weighted by Gasteiger charge is 2.60. The largest absolute Gasteiger partial charge is 0.504 e. The Balaban J connectivity index is 0.000000603. The number of aliphatic hydroxyl groups excluding tert-OH is 1. The van der Waals surface area contributed by atoms with Crippen LogP contribution in [-0.2, 0) is 9.59 Å². The van der Waals surface area contributed by atoms with E-state index in [0.29, 0.717) is 5.41 Å². The lowest BCUT2D eigenvalue weighted by atomic mass is 9.40. The molecular formula is C30H44O4. The molecule has 4 nitrogen and oxygen atoms in total. The molecule has 3 fully saturated rings. The predicted octanol–water partition coefficient (Wildman–Crippen LogP) is 7.58. The van der Waals surface area contributed by atoms with Crippen LogP contribution in [0.5, 0.6) is 0 Å². The molecule has 0 bridgehead atoms. The summed E-state index contributed by atoms with van der Waals surface area (Å²) in [6.07, 6.45) is 15.5.